The Labute approximate surface area is 163 Å². The minimum Gasteiger partial charge on any atom is -0.355 e. The molecule has 2 nitrogen and oxygen atoms in total. The van der Waals surface area contributed by atoms with Crippen LogP contribution >= 0.6 is 0 Å². The van der Waals surface area contributed by atoms with Gasteiger partial charge >= 0.3 is 0 Å². The highest BCUT2D eigenvalue weighted by Gasteiger charge is 2.09. The zero-order valence-electron chi connectivity index (χ0n) is 15.7. The summed E-state index contributed by atoms with van der Waals surface area (Å²) in [6.07, 6.45) is 0.937. The second kappa shape index (κ2) is 5.74. The van der Waals surface area contributed by atoms with Gasteiger partial charge in [0.25, 0.3) is 0 Å². The van der Waals surface area contributed by atoms with Crippen molar-refractivity contribution in [1.82, 2.24) is 9.55 Å². The topological polar surface area (TPSA) is 20.7 Å². The molecule has 2 aromatic heterocycles. The lowest BCUT2D eigenvalue weighted by Gasteiger charge is -2.05. The van der Waals surface area contributed by atoms with Gasteiger partial charge in [-0.2, -0.15) is 0 Å². The van der Waals surface area contributed by atoms with Gasteiger partial charge in [0.2, 0.25) is 0 Å². The predicted octanol–water partition coefficient (Wildman–Crippen LogP) is 6.56. The van der Waals surface area contributed by atoms with E-state index in [2.05, 4.69) is 102 Å². The molecular formula is C26H20N2. The number of hydrogen-bond donors (Lipinski definition) is 1. The van der Waals surface area contributed by atoms with Crippen LogP contribution in [0.2, 0.25) is 0 Å². The maximum atomic E-state index is 3.51. The van der Waals surface area contributed by atoms with Crippen LogP contribution < -0.4 is 0 Å². The molecule has 0 aliphatic heterocycles. The van der Waals surface area contributed by atoms with Crippen LogP contribution in [0.1, 0.15) is 11.1 Å². The van der Waals surface area contributed by atoms with E-state index in [-0.39, 0.29) is 0 Å². The van der Waals surface area contributed by atoms with Crippen LogP contribution in [0.3, 0.4) is 0 Å². The van der Waals surface area contributed by atoms with Crippen molar-refractivity contribution in [1.29, 1.82) is 0 Å². The number of hydrogen-bond acceptors (Lipinski definition) is 0. The van der Waals surface area contributed by atoms with Crippen LogP contribution in [0.4, 0.5) is 0 Å². The zero-order valence-corrected chi connectivity index (χ0v) is 15.7. The number of nitrogens with zero attached hydrogens (tertiary/aromatic N) is 1. The molecule has 0 fully saturated rings. The summed E-state index contributed by atoms with van der Waals surface area (Å²) < 4.78 is 2.30. The van der Waals surface area contributed by atoms with E-state index in [1.165, 1.54) is 54.7 Å². The largest absolute Gasteiger partial charge is 0.355 e. The van der Waals surface area contributed by atoms with Gasteiger partial charge in [-0.15, -0.1) is 0 Å². The second-order valence-electron chi connectivity index (χ2n) is 7.65. The third kappa shape index (κ3) is 2.21. The lowest BCUT2D eigenvalue weighted by Crippen LogP contribution is -1.91. The van der Waals surface area contributed by atoms with E-state index in [1.807, 2.05) is 0 Å². The van der Waals surface area contributed by atoms with Crippen molar-refractivity contribution in [2.45, 2.75) is 6.42 Å². The lowest BCUT2D eigenvalue weighted by molar-refractivity contribution is 1.01. The van der Waals surface area contributed by atoms with Gasteiger partial charge in [0, 0.05) is 50.7 Å². The number of para-hydroxylation sites is 2. The number of aromatic nitrogens is 2. The molecule has 6 aromatic rings. The van der Waals surface area contributed by atoms with Gasteiger partial charge in [-0.3, -0.25) is 0 Å². The van der Waals surface area contributed by atoms with Gasteiger partial charge in [-0.05, 0) is 47.9 Å². The average Bonchev–Trinajstić information content (AvgIpc) is 3.24. The maximum absolute atomic E-state index is 3.51. The standard InChI is InChI=1S/C26H20N2/c1-28-25-9-5-3-7-20(25)21-12-10-18(16-26(21)28)14-17-11-13-24-22(15-17)19-6-2-4-8-23(19)27-24/h2-13,15-16,27H,14H2,1H3. The fraction of sp³-hybridized carbons (Fsp3) is 0.0769. The molecule has 0 unspecified atom stereocenters. The Kier molecular flexibility index (Phi) is 3.18. The highest BCUT2D eigenvalue weighted by atomic mass is 14.9. The Bertz CT molecular complexity index is 1500. The Hall–Kier alpha value is -3.52. The van der Waals surface area contributed by atoms with Crippen LogP contribution in [0.5, 0.6) is 0 Å². The van der Waals surface area contributed by atoms with Crippen LogP contribution in [-0.4, -0.2) is 9.55 Å². The van der Waals surface area contributed by atoms with E-state index >= 15 is 0 Å². The maximum Gasteiger partial charge on any atom is 0.0491 e. The molecule has 4 aromatic carbocycles. The molecule has 6 rings (SSSR count). The molecule has 0 bridgehead atoms. The molecule has 0 saturated carbocycles. The molecule has 134 valence electrons. The van der Waals surface area contributed by atoms with E-state index in [0.29, 0.717) is 0 Å². The Morgan fingerprint density at radius 1 is 0.607 bits per heavy atom. The number of benzene rings is 4. The summed E-state index contributed by atoms with van der Waals surface area (Å²) in [6.45, 7) is 0. The number of fused-ring (bicyclic) bond motifs is 6. The van der Waals surface area contributed by atoms with Crippen molar-refractivity contribution in [3.63, 3.8) is 0 Å². The number of H-pyrrole nitrogens is 1. The SMILES string of the molecule is Cn1c2ccccc2c2ccc(Cc3ccc4[nH]c5ccccc5c4c3)cc21. The van der Waals surface area contributed by atoms with Gasteiger partial charge in [0.05, 0.1) is 0 Å². The van der Waals surface area contributed by atoms with Crippen molar-refractivity contribution in [2.24, 2.45) is 7.05 Å². The van der Waals surface area contributed by atoms with Gasteiger partial charge in [0.1, 0.15) is 0 Å². The van der Waals surface area contributed by atoms with Gasteiger partial charge < -0.3 is 9.55 Å². The third-order valence-electron chi connectivity index (χ3n) is 5.96. The minimum absolute atomic E-state index is 0.937. The van der Waals surface area contributed by atoms with Crippen LogP contribution in [0.15, 0.2) is 84.9 Å². The molecule has 0 saturated heterocycles. The Balaban J connectivity index is 1.46. The normalized spacial score (nSPS) is 11.9. The Morgan fingerprint density at radius 3 is 2.21 bits per heavy atom. The molecule has 2 heterocycles. The van der Waals surface area contributed by atoms with Crippen molar-refractivity contribution < 1.29 is 0 Å². The number of nitrogens with one attached hydrogen (secondary N) is 1. The number of aryl methyl sites for hydroxylation is 1. The van der Waals surface area contributed by atoms with Crippen LogP contribution in [0, 0.1) is 0 Å². The van der Waals surface area contributed by atoms with E-state index in [1.54, 1.807) is 0 Å². The first-order chi connectivity index (χ1) is 13.8. The number of rotatable bonds is 2. The molecule has 2 heteroatoms. The van der Waals surface area contributed by atoms with Gasteiger partial charge in [0.15, 0.2) is 0 Å². The minimum atomic E-state index is 0.937. The zero-order chi connectivity index (χ0) is 18.7. The van der Waals surface area contributed by atoms with Crippen molar-refractivity contribution in [3.8, 4) is 0 Å². The van der Waals surface area contributed by atoms with E-state index in [0.717, 1.165) is 6.42 Å². The summed E-state index contributed by atoms with van der Waals surface area (Å²) >= 11 is 0. The molecule has 0 radical (unpaired) electrons. The van der Waals surface area contributed by atoms with E-state index in [4.69, 9.17) is 0 Å². The average molecular weight is 360 g/mol. The van der Waals surface area contributed by atoms with Crippen LogP contribution in [-0.2, 0) is 13.5 Å². The highest BCUT2D eigenvalue weighted by molar-refractivity contribution is 6.08. The monoisotopic (exact) mass is 360 g/mol. The van der Waals surface area contributed by atoms with E-state index < -0.39 is 0 Å². The molecule has 0 amide bonds. The van der Waals surface area contributed by atoms with Gasteiger partial charge in [-0.1, -0.05) is 54.6 Å². The van der Waals surface area contributed by atoms with Crippen LogP contribution in [0.25, 0.3) is 43.6 Å². The molecule has 1 N–H and O–H groups in total. The highest BCUT2D eigenvalue weighted by Crippen LogP contribution is 2.30. The second-order valence-corrected chi connectivity index (χ2v) is 7.65. The fourth-order valence-electron chi connectivity index (χ4n) is 4.56. The molecule has 0 spiro atoms. The number of aromatic amines is 1. The fourth-order valence-corrected chi connectivity index (χ4v) is 4.56. The summed E-state index contributed by atoms with van der Waals surface area (Å²) in [6, 6.07) is 30.8. The smallest absolute Gasteiger partial charge is 0.0491 e. The molecule has 0 aliphatic rings. The van der Waals surface area contributed by atoms with Crippen molar-refractivity contribution in [3.05, 3.63) is 96.1 Å². The molecule has 0 atom stereocenters. The summed E-state index contributed by atoms with van der Waals surface area (Å²) in [4.78, 5) is 3.51. The lowest BCUT2D eigenvalue weighted by atomic mass is 10.0. The summed E-state index contributed by atoms with van der Waals surface area (Å²) in [5, 5.41) is 5.25. The van der Waals surface area contributed by atoms with E-state index in [9.17, 15) is 0 Å². The molecule has 0 aliphatic carbocycles. The first kappa shape index (κ1) is 15.5. The predicted molar refractivity (Wildman–Crippen MR) is 119 cm³/mol. The summed E-state index contributed by atoms with van der Waals surface area (Å²) in [5.74, 6) is 0. The first-order valence-corrected chi connectivity index (χ1v) is 9.73. The molecular weight excluding hydrogens is 340 g/mol. The first-order valence-electron chi connectivity index (χ1n) is 9.73. The summed E-state index contributed by atoms with van der Waals surface area (Å²) in [7, 11) is 2.16. The Morgan fingerprint density at radius 2 is 1.29 bits per heavy atom. The summed E-state index contributed by atoms with van der Waals surface area (Å²) in [5.41, 5.74) is 7.68. The van der Waals surface area contributed by atoms with Crippen molar-refractivity contribution in [2.75, 3.05) is 0 Å². The third-order valence-corrected chi connectivity index (χ3v) is 5.96. The quantitative estimate of drug-likeness (QED) is 0.361. The van der Waals surface area contributed by atoms with Crippen molar-refractivity contribution >= 4 is 43.6 Å². The molecule has 28 heavy (non-hydrogen) atoms. The van der Waals surface area contributed by atoms with Gasteiger partial charge in [-0.25, -0.2) is 0 Å².